The molecule has 2 aromatic rings. The van der Waals surface area contributed by atoms with Gasteiger partial charge in [-0.05, 0) is 37.6 Å². The van der Waals surface area contributed by atoms with Crippen molar-refractivity contribution in [3.05, 3.63) is 65.5 Å². The summed E-state index contributed by atoms with van der Waals surface area (Å²) in [6.45, 7) is 3.47. The van der Waals surface area contributed by atoms with Crippen molar-refractivity contribution in [1.82, 2.24) is 5.32 Å². The standard InChI is InChI=1S/C18H20FNO3/c1-12-6-5-7-14(10-12)23-13(2)18(22)20-11-17(21)15-8-3-4-9-16(15)19/h3-10,13,17,21H,11H2,1-2H3,(H,20,22). The SMILES string of the molecule is Cc1cccc(OC(C)C(=O)NCC(O)c2ccccc2F)c1. The maximum atomic E-state index is 13.6. The third-order valence-corrected chi connectivity index (χ3v) is 3.41. The van der Waals surface area contributed by atoms with Gasteiger partial charge < -0.3 is 15.2 Å². The van der Waals surface area contributed by atoms with Crippen LogP contribution in [0.3, 0.4) is 0 Å². The average molecular weight is 317 g/mol. The van der Waals surface area contributed by atoms with E-state index in [9.17, 15) is 14.3 Å². The summed E-state index contributed by atoms with van der Waals surface area (Å²) < 4.78 is 19.1. The summed E-state index contributed by atoms with van der Waals surface area (Å²) in [5.74, 6) is -0.275. The smallest absolute Gasteiger partial charge is 0.260 e. The number of ether oxygens (including phenoxy) is 1. The lowest BCUT2D eigenvalue weighted by Crippen LogP contribution is -2.38. The first-order valence-corrected chi connectivity index (χ1v) is 7.41. The minimum absolute atomic E-state index is 0.0821. The number of aliphatic hydroxyl groups excluding tert-OH is 1. The van der Waals surface area contributed by atoms with Crippen molar-refractivity contribution >= 4 is 5.91 Å². The molecule has 0 fully saturated rings. The van der Waals surface area contributed by atoms with Crippen LogP contribution < -0.4 is 10.1 Å². The summed E-state index contributed by atoms with van der Waals surface area (Å²) in [5.41, 5.74) is 1.19. The Labute approximate surface area is 134 Å². The van der Waals surface area contributed by atoms with Gasteiger partial charge in [0.05, 0.1) is 6.10 Å². The Balaban J connectivity index is 1.88. The van der Waals surface area contributed by atoms with Crippen LogP contribution in [-0.2, 0) is 4.79 Å². The molecular weight excluding hydrogens is 297 g/mol. The predicted octanol–water partition coefficient (Wildman–Crippen LogP) is 2.75. The van der Waals surface area contributed by atoms with Crippen molar-refractivity contribution in [2.24, 2.45) is 0 Å². The Hall–Kier alpha value is -2.40. The van der Waals surface area contributed by atoms with E-state index in [0.717, 1.165) is 5.56 Å². The monoisotopic (exact) mass is 317 g/mol. The van der Waals surface area contributed by atoms with Gasteiger partial charge in [-0.25, -0.2) is 4.39 Å². The summed E-state index contributed by atoms with van der Waals surface area (Å²) in [6, 6.07) is 13.3. The van der Waals surface area contributed by atoms with Crippen LogP contribution in [0.4, 0.5) is 4.39 Å². The van der Waals surface area contributed by atoms with E-state index in [0.29, 0.717) is 5.75 Å². The van der Waals surface area contributed by atoms with Crippen LogP contribution in [0.5, 0.6) is 5.75 Å². The fourth-order valence-electron chi connectivity index (χ4n) is 2.14. The molecule has 2 atom stereocenters. The molecule has 0 bridgehead atoms. The largest absolute Gasteiger partial charge is 0.481 e. The third-order valence-electron chi connectivity index (χ3n) is 3.41. The number of carbonyl (C=O) groups excluding carboxylic acids is 1. The van der Waals surface area contributed by atoms with Crippen molar-refractivity contribution in [3.63, 3.8) is 0 Å². The van der Waals surface area contributed by atoms with Gasteiger partial charge in [0, 0.05) is 12.1 Å². The van der Waals surface area contributed by atoms with Crippen molar-refractivity contribution in [2.75, 3.05) is 6.54 Å². The minimum Gasteiger partial charge on any atom is -0.481 e. The fourth-order valence-corrected chi connectivity index (χ4v) is 2.14. The Morgan fingerprint density at radius 1 is 1.26 bits per heavy atom. The van der Waals surface area contributed by atoms with Crippen LogP contribution in [0.2, 0.25) is 0 Å². The van der Waals surface area contributed by atoms with E-state index >= 15 is 0 Å². The van der Waals surface area contributed by atoms with Gasteiger partial charge in [-0.2, -0.15) is 0 Å². The molecule has 0 saturated carbocycles. The number of benzene rings is 2. The van der Waals surface area contributed by atoms with E-state index < -0.39 is 18.0 Å². The molecule has 0 spiro atoms. The summed E-state index contributed by atoms with van der Waals surface area (Å²) in [5, 5.41) is 12.5. The molecule has 2 aromatic carbocycles. The van der Waals surface area contributed by atoms with Gasteiger partial charge in [0.1, 0.15) is 11.6 Å². The molecule has 5 heteroatoms. The van der Waals surface area contributed by atoms with Crippen LogP contribution >= 0.6 is 0 Å². The lowest BCUT2D eigenvalue weighted by molar-refractivity contribution is -0.127. The zero-order valence-corrected chi connectivity index (χ0v) is 13.1. The number of amides is 1. The molecule has 0 aromatic heterocycles. The highest BCUT2D eigenvalue weighted by molar-refractivity contribution is 5.80. The number of carbonyl (C=O) groups is 1. The highest BCUT2D eigenvalue weighted by Crippen LogP contribution is 2.16. The molecule has 0 saturated heterocycles. The number of halogens is 1. The van der Waals surface area contributed by atoms with Crippen LogP contribution in [0.1, 0.15) is 24.2 Å². The van der Waals surface area contributed by atoms with E-state index in [1.54, 1.807) is 25.1 Å². The van der Waals surface area contributed by atoms with Crippen molar-refractivity contribution < 1.29 is 19.0 Å². The van der Waals surface area contributed by atoms with E-state index in [1.807, 2.05) is 25.1 Å². The molecule has 122 valence electrons. The third kappa shape index (κ3) is 4.79. The van der Waals surface area contributed by atoms with Gasteiger partial charge >= 0.3 is 0 Å². The molecule has 2 N–H and O–H groups in total. The van der Waals surface area contributed by atoms with Gasteiger partial charge in [0.2, 0.25) is 0 Å². The molecule has 0 radical (unpaired) electrons. The lowest BCUT2D eigenvalue weighted by atomic mass is 10.1. The second-order valence-electron chi connectivity index (χ2n) is 5.36. The fraction of sp³-hybridized carbons (Fsp3) is 0.278. The van der Waals surface area contributed by atoms with Crippen molar-refractivity contribution in [3.8, 4) is 5.75 Å². The molecule has 0 aliphatic carbocycles. The van der Waals surface area contributed by atoms with Gasteiger partial charge in [-0.3, -0.25) is 4.79 Å². The zero-order valence-electron chi connectivity index (χ0n) is 13.1. The molecular formula is C18H20FNO3. The molecule has 1 amide bonds. The van der Waals surface area contributed by atoms with E-state index in [1.165, 1.54) is 12.1 Å². The normalized spacial score (nSPS) is 13.2. The quantitative estimate of drug-likeness (QED) is 0.861. The highest BCUT2D eigenvalue weighted by atomic mass is 19.1. The van der Waals surface area contributed by atoms with Crippen LogP contribution in [0, 0.1) is 12.7 Å². The predicted molar refractivity (Wildman–Crippen MR) is 85.6 cm³/mol. The van der Waals surface area contributed by atoms with Gasteiger partial charge in [-0.15, -0.1) is 0 Å². The summed E-state index contributed by atoms with van der Waals surface area (Å²) in [7, 11) is 0. The summed E-state index contributed by atoms with van der Waals surface area (Å²) >= 11 is 0. The molecule has 2 rings (SSSR count). The van der Waals surface area contributed by atoms with E-state index in [2.05, 4.69) is 5.32 Å². The van der Waals surface area contributed by atoms with E-state index in [4.69, 9.17) is 4.74 Å². The van der Waals surface area contributed by atoms with Gasteiger partial charge in [-0.1, -0.05) is 30.3 Å². The maximum absolute atomic E-state index is 13.6. The van der Waals surface area contributed by atoms with E-state index in [-0.39, 0.29) is 18.0 Å². The molecule has 4 nitrogen and oxygen atoms in total. The average Bonchev–Trinajstić information content (AvgIpc) is 2.52. The first-order chi connectivity index (χ1) is 11.0. The number of hydrogen-bond donors (Lipinski definition) is 2. The number of aryl methyl sites for hydroxylation is 1. The van der Waals surface area contributed by atoms with Crippen LogP contribution in [0.15, 0.2) is 48.5 Å². The Kier molecular flexibility index (Phi) is 5.71. The summed E-state index contributed by atoms with van der Waals surface area (Å²) in [6.07, 6.45) is -1.82. The Bertz CT molecular complexity index is 675. The number of rotatable bonds is 6. The first-order valence-electron chi connectivity index (χ1n) is 7.41. The van der Waals surface area contributed by atoms with Gasteiger partial charge in [0.15, 0.2) is 6.10 Å². The second-order valence-corrected chi connectivity index (χ2v) is 5.36. The topological polar surface area (TPSA) is 58.6 Å². The molecule has 0 aliphatic rings. The van der Waals surface area contributed by atoms with Crippen LogP contribution in [-0.4, -0.2) is 23.7 Å². The highest BCUT2D eigenvalue weighted by Gasteiger charge is 2.18. The Morgan fingerprint density at radius 3 is 2.70 bits per heavy atom. The molecule has 0 heterocycles. The maximum Gasteiger partial charge on any atom is 0.260 e. The van der Waals surface area contributed by atoms with Crippen molar-refractivity contribution in [2.45, 2.75) is 26.1 Å². The Morgan fingerprint density at radius 2 is 2.00 bits per heavy atom. The second kappa shape index (κ2) is 7.74. The summed E-state index contributed by atoms with van der Waals surface area (Å²) in [4.78, 5) is 12.0. The zero-order chi connectivity index (χ0) is 16.8. The number of hydrogen-bond acceptors (Lipinski definition) is 3. The van der Waals surface area contributed by atoms with Gasteiger partial charge in [0.25, 0.3) is 5.91 Å². The molecule has 23 heavy (non-hydrogen) atoms. The molecule has 0 aliphatic heterocycles. The number of nitrogens with one attached hydrogen (secondary N) is 1. The lowest BCUT2D eigenvalue weighted by Gasteiger charge is -2.17. The number of aliphatic hydroxyl groups is 1. The van der Waals surface area contributed by atoms with Crippen molar-refractivity contribution in [1.29, 1.82) is 0 Å². The van der Waals surface area contributed by atoms with Crippen LogP contribution in [0.25, 0.3) is 0 Å². The first kappa shape index (κ1) is 17.0. The minimum atomic E-state index is -1.11. The molecule has 2 unspecified atom stereocenters.